The first kappa shape index (κ1) is 10.8. The van der Waals surface area contributed by atoms with Crippen molar-refractivity contribution in [3.05, 3.63) is 5.01 Å². The van der Waals surface area contributed by atoms with Crippen LogP contribution in [-0.2, 0) is 6.54 Å². The average molecular weight is 226 g/mol. The van der Waals surface area contributed by atoms with E-state index in [1.165, 1.54) is 24.2 Å². The molecule has 2 N–H and O–H groups in total. The lowest BCUT2D eigenvalue weighted by atomic mass is 9.83. The number of aromatic nitrogens is 2. The molecular formula is C10H18N4S. The minimum absolute atomic E-state index is 0.511. The lowest BCUT2D eigenvalue weighted by Crippen LogP contribution is -2.36. The van der Waals surface area contributed by atoms with E-state index in [-0.39, 0.29) is 0 Å². The van der Waals surface area contributed by atoms with Crippen LogP contribution in [0.5, 0.6) is 0 Å². The molecule has 0 radical (unpaired) electrons. The highest BCUT2D eigenvalue weighted by molar-refractivity contribution is 7.15. The summed E-state index contributed by atoms with van der Waals surface area (Å²) in [6, 6.07) is 0. The quantitative estimate of drug-likeness (QED) is 0.834. The number of rotatable bonds is 2. The lowest BCUT2D eigenvalue weighted by Gasteiger charge is -2.36. The average Bonchev–Trinajstić information content (AvgIpc) is 2.55. The van der Waals surface area contributed by atoms with Crippen molar-refractivity contribution in [2.45, 2.75) is 33.2 Å². The summed E-state index contributed by atoms with van der Waals surface area (Å²) in [5.74, 6) is 0. The predicted octanol–water partition coefficient (Wildman–Crippen LogP) is 1.74. The van der Waals surface area contributed by atoms with Crippen LogP contribution < -0.4 is 5.73 Å². The highest BCUT2D eigenvalue weighted by Crippen LogP contribution is 2.30. The van der Waals surface area contributed by atoms with E-state index in [1.54, 1.807) is 0 Å². The molecule has 1 aromatic heterocycles. The van der Waals surface area contributed by atoms with Crippen LogP contribution in [0.4, 0.5) is 5.13 Å². The van der Waals surface area contributed by atoms with Gasteiger partial charge in [0.1, 0.15) is 5.01 Å². The molecule has 0 spiro atoms. The molecule has 0 aromatic carbocycles. The van der Waals surface area contributed by atoms with Crippen molar-refractivity contribution in [3.8, 4) is 0 Å². The number of nitrogens with zero attached hydrogens (tertiary/aromatic N) is 3. The fourth-order valence-electron chi connectivity index (χ4n) is 1.84. The molecule has 1 fully saturated rings. The molecule has 0 atom stereocenters. The van der Waals surface area contributed by atoms with Gasteiger partial charge in [-0.3, -0.25) is 4.90 Å². The smallest absolute Gasteiger partial charge is 0.203 e. The molecule has 2 rings (SSSR count). The molecule has 15 heavy (non-hydrogen) atoms. The van der Waals surface area contributed by atoms with E-state index in [1.807, 2.05) is 0 Å². The summed E-state index contributed by atoms with van der Waals surface area (Å²) in [5.41, 5.74) is 6.06. The fourth-order valence-corrected chi connectivity index (χ4v) is 2.49. The van der Waals surface area contributed by atoms with Gasteiger partial charge in [-0.2, -0.15) is 0 Å². The minimum atomic E-state index is 0.511. The Morgan fingerprint density at radius 1 is 1.33 bits per heavy atom. The van der Waals surface area contributed by atoms with Crippen molar-refractivity contribution in [2.24, 2.45) is 5.41 Å². The Morgan fingerprint density at radius 2 is 2.00 bits per heavy atom. The zero-order valence-corrected chi connectivity index (χ0v) is 10.2. The highest BCUT2D eigenvalue weighted by Gasteiger charge is 2.25. The van der Waals surface area contributed by atoms with Crippen molar-refractivity contribution < 1.29 is 0 Å². The first-order valence-electron chi connectivity index (χ1n) is 5.35. The number of nitrogens with two attached hydrogens (primary N) is 1. The molecule has 4 nitrogen and oxygen atoms in total. The Kier molecular flexibility index (Phi) is 2.93. The van der Waals surface area contributed by atoms with Crippen LogP contribution in [0, 0.1) is 5.41 Å². The van der Waals surface area contributed by atoms with E-state index in [2.05, 4.69) is 28.9 Å². The number of nitrogen functional groups attached to an aromatic ring is 1. The number of piperidine rings is 1. The van der Waals surface area contributed by atoms with Gasteiger partial charge in [-0.05, 0) is 31.3 Å². The van der Waals surface area contributed by atoms with E-state index in [4.69, 9.17) is 5.73 Å². The van der Waals surface area contributed by atoms with Crippen LogP contribution in [0.2, 0.25) is 0 Å². The van der Waals surface area contributed by atoms with Crippen LogP contribution in [0.1, 0.15) is 31.7 Å². The third-order valence-electron chi connectivity index (χ3n) is 3.05. The largest absolute Gasteiger partial charge is 0.374 e. The van der Waals surface area contributed by atoms with Crippen molar-refractivity contribution in [1.29, 1.82) is 0 Å². The van der Waals surface area contributed by atoms with Crippen molar-refractivity contribution in [3.63, 3.8) is 0 Å². The Balaban J connectivity index is 1.87. The van der Waals surface area contributed by atoms with Gasteiger partial charge in [-0.1, -0.05) is 25.2 Å². The van der Waals surface area contributed by atoms with Crippen LogP contribution in [0.25, 0.3) is 0 Å². The van der Waals surface area contributed by atoms with Gasteiger partial charge >= 0.3 is 0 Å². The van der Waals surface area contributed by atoms with Gasteiger partial charge in [0.2, 0.25) is 5.13 Å². The Morgan fingerprint density at radius 3 is 2.53 bits per heavy atom. The van der Waals surface area contributed by atoms with Crippen molar-refractivity contribution >= 4 is 16.5 Å². The monoisotopic (exact) mass is 226 g/mol. The molecule has 0 saturated carbocycles. The second kappa shape index (κ2) is 4.06. The minimum Gasteiger partial charge on any atom is -0.374 e. The summed E-state index contributed by atoms with van der Waals surface area (Å²) >= 11 is 1.50. The molecule has 2 heterocycles. The van der Waals surface area contributed by atoms with E-state index < -0.39 is 0 Å². The molecule has 1 aromatic rings. The molecule has 0 bridgehead atoms. The molecule has 1 aliphatic rings. The van der Waals surface area contributed by atoms with E-state index >= 15 is 0 Å². The first-order chi connectivity index (χ1) is 7.05. The Bertz CT molecular complexity index is 324. The van der Waals surface area contributed by atoms with Gasteiger partial charge in [-0.15, -0.1) is 10.2 Å². The number of anilines is 1. The number of hydrogen-bond donors (Lipinski definition) is 1. The molecule has 0 amide bonds. The second-order valence-corrected chi connectivity index (χ2v) is 6.07. The molecule has 1 saturated heterocycles. The van der Waals surface area contributed by atoms with E-state index in [0.717, 1.165) is 24.6 Å². The van der Waals surface area contributed by atoms with Gasteiger partial charge in [0, 0.05) is 0 Å². The van der Waals surface area contributed by atoms with Crippen LogP contribution in [0.3, 0.4) is 0 Å². The summed E-state index contributed by atoms with van der Waals surface area (Å²) in [4.78, 5) is 2.44. The zero-order chi connectivity index (χ0) is 10.9. The van der Waals surface area contributed by atoms with Gasteiger partial charge < -0.3 is 5.73 Å². The molecule has 1 aliphatic heterocycles. The molecule has 5 heteroatoms. The summed E-state index contributed by atoms with van der Waals surface area (Å²) in [5, 5.41) is 9.48. The van der Waals surface area contributed by atoms with Crippen LogP contribution >= 0.6 is 11.3 Å². The number of hydrogen-bond acceptors (Lipinski definition) is 5. The third-order valence-corrected chi connectivity index (χ3v) is 3.79. The molecule has 84 valence electrons. The summed E-state index contributed by atoms with van der Waals surface area (Å²) in [6.45, 7) is 7.91. The summed E-state index contributed by atoms with van der Waals surface area (Å²) in [6.07, 6.45) is 2.53. The Hall–Kier alpha value is -0.680. The highest BCUT2D eigenvalue weighted by atomic mass is 32.1. The van der Waals surface area contributed by atoms with E-state index in [9.17, 15) is 0 Å². The van der Waals surface area contributed by atoms with Gasteiger partial charge in [-0.25, -0.2) is 0 Å². The normalized spacial score (nSPS) is 21.7. The predicted molar refractivity (Wildman–Crippen MR) is 62.6 cm³/mol. The summed E-state index contributed by atoms with van der Waals surface area (Å²) < 4.78 is 0. The standard InChI is InChI=1S/C10H18N4S/c1-10(2)3-5-14(6-4-10)7-8-12-13-9(11)15-8/h3-7H2,1-2H3,(H2,11,13). The molecular weight excluding hydrogens is 208 g/mol. The van der Waals surface area contributed by atoms with Crippen molar-refractivity contribution in [1.82, 2.24) is 15.1 Å². The van der Waals surface area contributed by atoms with Crippen molar-refractivity contribution in [2.75, 3.05) is 18.8 Å². The van der Waals surface area contributed by atoms with Crippen LogP contribution in [0.15, 0.2) is 0 Å². The third kappa shape index (κ3) is 2.89. The molecule has 0 aliphatic carbocycles. The van der Waals surface area contributed by atoms with Crippen LogP contribution in [-0.4, -0.2) is 28.2 Å². The second-order valence-electron chi connectivity index (χ2n) is 4.97. The summed E-state index contributed by atoms with van der Waals surface area (Å²) in [7, 11) is 0. The van der Waals surface area contributed by atoms with Gasteiger partial charge in [0.05, 0.1) is 6.54 Å². The number of likely N-dealkylation sites (tertiary alicyclic amines) is 1. The maximum absolute atomic E-state index is 5.55. The topological polar surface area (TPSA) is 55.0 Å². The Labute approximate surface area is 94.5 Å². The lowest BCUT2D eigenvalue weighted by molar-refractivity contribution is 0.127. The zero-order valence-electron chi connectivity index (χ0n) is 9.36. The fraction of sp³-hybridized carbons (Fsp3) is 0.800. The first-order valence-corrected chi connectivity index (χ1v) is 6.17. The van der Waals surface area contributed by atoms with Gasteiger partial charge in [0.15, 0.2) is 0 Å². The maximum Gasteiger partial charge on any atom is 0.203 e. The van der Waals surface area contributed by atoms with Gasteiger partial charge in [0.25, 0.3) is 0 Å². The molecule has 0 unspecified atom stereocenters. The van der Waals surface area contributed by atoms with E-state index in [0.29, 0.717) is 10.5 Å². The maximum atomic E-state index is 5.55. The SMILES string of the molecule is CC1(C)CCN(Cc2nnc(N)s2)CC1.